The Morgan fingerprint density at radius 1 is 1.50 bits per heavy atom. The van der Waals surface area contributed by atoms with Crippen molar-refractivity contribution in [2.24, 2.45) is 0 Å². The van der Waals surface area contributed by atoms with Gasteiger partial charge in [-0.3, -0.25) is 4.90 Å². The minimum atomic E-state index is -0.265. The molecule has 4 heteroatoms. The van der Waals surface area contributed by atoms with Crippen molar-refractivity contribution in [3.05, 3.63) is 11.6 Å². The Kier molecular flexibility index (Phi) is 8.18. The lowest BCUT2D eigenvalue weighted by Crippen LogP contribution is -2.25. The maximum Gasteiger partial charge on any atom is 0.333 e. The van der Waals surface area contributed by atoms with E-state index in [2.05, 4.69) is 15.7 Å². The highest BCUT2D eigenvalue weighted by molar-refractivity contribution is 5.88. The van der Waals surface area contributed by atoms with Crippen LogP contribution >= 0.6 is 0 Å². The Bertz CT molecular complexity index is 279. The highest BCUT2D eigenvalue weighted by atomic mass is 16.5. The number of hydrogen-bond donors (Lipinski definition) is 0. The summed E-state index contributed by atoms with van der Waals surface area (Å²) in [5.74, 6) is -0.265. The van der Waals surface area contributed by atoms with Crippen LogP contribution in [0.2, 0.25) is 0 Å². The minimum absolute atomic E-state index is 0.265. The number of nitriles is 1. The zero-order valence-electron chi connectivity index (χ0n) is 10.3. The van der Waals surface area contributed by atoms with Gasteiger partial charge in [0.15, 0.2) is 0 Å². The maximum atomic E-state index is 11.3. The van der Waals surface area contributed by atoms with E-state index in [1.54, 1.807) is 0 Å². The summed E-state index contributed by atoms with van der Waals surface area (Å²) in [5, 5.41) is 8.49. The Morgan fingerprint density at radius 2 is 2.19 bits per heavy atom. The van der Waals surface area contributed by atoms with Crippen molar-refractivity contribution in [1.82, 2.24) is 4.90 Å². The van der Waals surface area contributed by atoms with Gasteiger partial charge in [-0.2, -0.15) is 5.26 Å². The van der Waals surface area contributed by atoms with E-state index in [4.69, 9.17) is 5.26 Å². The molecule has 0 rings (SSSR count). The van der Waals surface area contributed by atoms with Gasteiger partial charge < -0.3 is 4.74 Å². The molecule has 0 aromatic heterocycles. The fraction of sp³-hybridized carbons (Fsp3) is 0.667. The van der Waals surface area contributed by atoms with Crippen molar-refractivity contribution < 1.29 is 9.53 Å². The molecule has 0 aliphatic carbocycles. The zero-order valence-corrected chi connectivity index (χ0v) is 10.3. The summed E-state index contributed by atoms with van der Waals surface area (Å²) in [6.45, 7) is 6.26. The van der Waals surface area contributed by atoms with E-state index in [0.29, 0.717) is 25.0 Å². The van der Waals surface area contributed by atoms with Crippen molar-refractivity contribution >= 4 is 5.97 Å². The summed E-state index contributed by atoms with van der Waals surface area (Å²) in [4.78, 5) is 13.4. The van der Waals surface area contributed by atoms with Crippen LogP contribution in [-0.4, -0.2) is 37.6 Å². The predicted octanol–water partition coefficient (Wildman–Crippen LogP) is 1.73. The Balaban J connectivity index is 4.28. The second-order valence-electron chi connectivity index (χ2n) is 3.38. The largest absolute Gasteiger partial charge is 0.466 e. The number of likely N-dealkylation sites (N-methyl/N-ethyl adjacent to an activating group) is 1. The molecule has 0 saturated carbocycles. The van der Waals surface area contributed by atoms with E-state index in [0.717, 1.165) is 13.1 Å². The number of nitrogens with zero attached hydrogens (tertiary/aromatic N) is 2. The van der Waals surface area contributed by atoms with E-state index < -0.39 is 0 Å². The number of carbonyl (C=O) groups excluding carboxylic acids is 1. The van der Waals surface area contributed by atoms with Crippen LogP contribution in [0.25, 0.3) is 0 Å². The molecule has 0 unspecified atom stereocenters. The van der Waals surface area contributed by atoms with E-state index >= 15 is 0 Å². The van der Waals surface area contributed by atoms with E-state index in [-0.39, 0.29) is 5.97 Å². The molecule has 0 N–H and O–H groups in total. The molecule has 16 heavy (non-hydrogen) atoms. The molecule has 0 spiro atoms. The number of carbonyl (C=O) groups is 1. The van der Waals surface area contributed by atoms with Gasteiger partial charge in [-0.05, 0) is 13.0 Å². The maximum absolute atomic E-state index is 11.3. The number of methoxy groups -OCH3 is 1. The van der Waals surface area contributed by atoms with Gasteiger partial charge >= 0.3 is 5.97 Å². The van der Waals surface area contributed by atoms with Gasteiger partial charge in [-0.1, -0.05) is 19.9 Å². The number of esters is 1. The Labute approximate surface area is 97.5 Å². The number of ether oxygens (including phenoxy) is 1. The van der Waals surface area contributed by atoms with Crippen LogP contribution in [0, 0.1) is 11.3 Å². The highest BCUT2D eigenvalue weighted by Crippen LogP contribution is 2.04. The molecule has 4 nitrogen and oxygen atoms in total. The van der Waals surface area contributed by atoms with Gasteiger partial charge in [0.2, 0.25) is 0 Å². The van der Waals surface area contributed by atoms with Gasteiger partial charge in [0, 0.05) is 25.1 Å². The molecule has 0 atom stereocenters. The first kappa shape index (κ1) is 14.7. The fourth-order valence-corrected chi connectivity index (χ4v) is 1.33. The third-order valence-electron chi connectivity index (χ3n) is 2.41. The molecule has 0 aromatic rings. The highest BCUT2D eigenvalue weighted by Gasteiger charge is 2.07. The third kappa shape index (κ3) is 5.52. The molecule has 0 heterocycles. The lowest BCUT2D eigenvalue weighted by molar-refractivity contribution is -0.136. The van der Waals surface area contributed by atoms with Crippen LogP contribution in [-0.2, 0) is 9.53 Å². The molecule has 90 valence electrons. The molecular weight excluding hydrogens is 204 g/mol. The first-order valence-electron chi connectivity index (χ1n) is 5.56. The number of hydrogen-bond acceptors (Lipinski definition) is 4. The van der Waals surface area contributed by atoms with Gasteiger partial charge in [-0.25, -0.2) is 4.79 Å². The fourth-order valence-electron chi connectivity index (χ4n) is 1.33. The van der Waals surface area contributed by atoms with Crippen LogP contribution in [0.3, 0.4) is 0 Å². The topological polar surface area (TPSA) is 53.3 Å². The first-order chi connectivity index (χ1) is 7.69. The lowest BCUT2D eigenvalue weighted by Gasteiger charge is -2.16. The minimum Gasteiger partial charge on any atom is -0.466 e. The van der Waals surface area contributed by atoms with Crippen molar-refractivity contribution in [2.45, 2.75) is 26.7 Å². The van der Waals surface area contributed by atoms with Crippen LogP contribution in [0.15, 0.2) is 11.6 Å². The normalized spacial score (nSPS) is 11.3. The van der Waals surface area contributed by atoms with Gasteiger partial charge in [0.1, 0.15) is 0 Å². The second-order valence-corrected chi connectivity index (χ2v) is 3.38. The second kappa shape index (κ2) is 8.93. The SMILES string of the molecule is CCC(=CCN(CC)CCC#N)C(=O)OC. The van der Waals surface area contributed by atoms with E-state index in [9.17, 15) is 4.79 Å². The van der Waals surface area contributed by atoms with Crippen LogP contribution in [0.4, 0.5) is 0 Å². The van der Waals surface area contributed by atoms with Gasteiger partial charge in [0.05, 0.1) is 13.2 Å². The Morgan fingerprint density at radius 3 is 2.62 bits per heavy atom. The summed E-state index contributed by atoms with van der Waals surface area (Å²) < 4.78 is 4.67. The van der Waals surface area contributed by atoms with Crippen LogP contribution < -0.4 is 0 Å². The predicted molar refractivity (Wildman–Crippen MR) is 62.7 cm³/mol. The summed E-state index contributed by atoms with van der Waals surface area (Å²) in [6.07, 6.45) is 3.07. The third-order valence-corrected chi connectivity index (χ3v) is 2.41. The molecule has 0 aliphatic rings. The monoisotopic (exact) mass is 224 g/mol. The van der Waals surface area contributed by atoms with Gasteiger partial charge in [0.25, 0.3) is 0 Å². The summed E-state index contributed by atoms with van der Waals surface area (Å²) in [5.41, 5.74) is 0.693. The first-order valence-corrected chi connectivity index (χ1v) is 5.56. The molecule has 0 aromatic carbocycles. The number of rotatable bonds is 7. The molecule has 0 amide bonds. The average molecular weight is 224 g/mol. The van der Waals surface area contributed by atoms with Crippen molar-refractivity contribution in [3.8, 4) is 6.07 Å². The zero-order chi connectivity index (χ0) is 12.4. The van der Waals surface area contributed by atoms with E-state index in [1.807, 2.05) is 19.9 Å². The standard InChI is InChI=1S/C12H20N2O2/c1-4-11(12(15)16-3)7-10-14(5-2)9-6-8-13/h7H,4-6,9-10H2,1-3H3. The van der Waals surface area contributed by atoms with Crippen molar-refractivity contribution in [3.63, 3.8) is 0 Å². The summed E-state index contributed by atoms with van der Waals surface area (Å²) >= 11 is 0. The lowest BCUT2D eigenvalue weighted by atomic mass is 10.2. The molecular formula is C12H20N2O2. The average Bonchev–Trinajstić information content (AvgIpc) is 2.33. The smallest absolute Gasteiger partial charge is 0.333 e. The molecule has 0 radical (unpaired) electrons. The molecule has 0 bridgehead atoms. The quantitative estimate of drug-likeness (QED) is 0.488. The van der Waals surface area contributed by atoms with Crippen LogP contribution in [0.1, 0.15) is 26.7 Å². The molecule has 0 aliphatic heterocycles. The summed E-state index contributed by atoms with van der Waals surface area (Å²) in [6, 6.07) is 2.11. The Hall–Kier alpha value is -1.34. The molecule has 0 saturated heterocycles. The van der Waals surface area contributed by atoms with Crippen molar-refractivity contribution in [2.75, 3.05) is 26.7 Å². The summed E-state index contributed by atoms with van der Waals surface area (Å²) in [7, 11) is 1.39. The molecule has 0 fully saturated rings. The van der Waals surface area contributed by atoms with Gasteiger partial charge in [-0.15, -0.1) is 0 Å². The van der Waals surface area contributed by atoms with Crippen LogP contribution in [0.5, 0.6) is 0 Å². The van der Waals surface area contributed by atoms with E-state index in [1.165, 1.54) is 7.11 Å². The van der Waals surface area contributed by atoms with Crippen molar-refractivity contribution in [1.29, 1.82) is 5.26 Å².